The number of hydrogen-bond acceptors (Lipinski definition) is 3. The first kappa shape index (κ1) is 10.5. The molecule has 1 heterocycles. The molecule has 0 spiro atoms. The molecule has 15 heavy (non-hydrogen) atoms. The third kappa shape index (κ3) is 2.49. The van der Waals surface area contributed by atoms with Gasteiger partial charge in [-0.15, -0.1) is 0 Å². The van der Waals surface area contributed by atoms with Gasteiger partial charge in [-0.1, -0.05) is 12.2 Å². The molecule has 3 nitrogen and oxygen atoms in total. The van der Waals surface area contributed by atoms with Crippen molar-refractivity contribution < 1.29 is 9.52 Å². The van der Waals surface area contributed by atoms with Crippen molar-refractivity contribution in [3.05, 3.63) is 36.3 Å². The molecule has 1 aromatic heterocycles. The summed E-state index contributed by atoms with van der Waals surface area (Å²) in [7, 11) is 0. The van der Waals surface area contributed by atoms with Crippen LogP contribution in [0.4, 0.5) is 0 Å². The van der Waals surface area contributed by atoms with Crippen LogP contribution in [0.2, 0.25) is 0 Å². The van der Waals surface area contributed by atoms with E-state index in [4.69, 9.17) is 9.52 Å². The van der Waals surface area contributed by atoms with Crippen molar-refractivity contribution in [2.75, 3.05) is 6.61 Å². The van der Waals surface area contributed by atoms with Gasteiger partial charge in [0.15, 0.2) is 0 Å². The molecule has 2 N–H and O–H groups in total. The molecule has 3 atom stereocenters. The largest absolute Gasteiger partial charge is 0.468 e. The van der Waals surface area contributed by atoms with Gasteiger partial charge in [-0.05, 0) is 25.5 Å². The van der Waals surface area contributed by atoms with Crippen molar-refractivity contribution in [1.29, 1.82) is 0 Å². The molecule has 0 aromatic carbocycles. The van der Waals surface area contributed by atoms with Gasteiger partial charge in [-0.2, -0.15) is 0 Å². The van der Waals surface area contributed by atoms with E-state index in [2.05, 4.69) is 24.4 Å². The summed E-state index contributed by atoms with van der Waals surface area (Å²) in [6.45, 7) is 2.32. The smallest absolute Gasteiger partial charge is 0.120 e. The van der Waals surface area contributed by atoms with Gasteiger partial charge in [0.1, 0.15) is 5.76 Å². The number of aliphatic hydroxyl groups is 1. The Balaban J connectivity index is 1.86. The average Bonchev–Trinajstić information content (AvgIpc) is 2.87. The molecule has 82 valence electrons. The lowest BCUT2D eigenvalue weighted by Gasteiger charge is -2.17. The van der Waals surface area contributed by atoms with Crippen LogP contribution in [0.3, 0.4) is 0 Å². The molecule has 1 aromatic rings. The van der Waals surface area contributed by atoms with E-state index in [0.29, 0.717) is 12.0 Å². The molecule has 0 saturated heterocycles. The van der Waals surface area contributed by atoms with Gasteiger partial charge in [0.05, 0.1) is 12.3 Å². The highest BCUT2D eigenvalue weighted by molar-refractivity contribution is 5.09. The summed E-state index contributed by atoms with van der Waals surface area (Å²) in [6, 6.07) is 4.43. The highest BCUT2D eigenvalue weighted by atomic mass is 16.3. The molecule has 0 bridgehead atoms. The molecule has 0 aliphatic heterocycles. The highest BCUT2D eigenvalue weighted by Gasteiger charge is 2.20. The molecule has 2 rings (SSSR count). The van der Waals surface area contributed by atoms with E-state index >= 15 is 0 Å². The molecule has 0 saturated carbocycles. The topological polar surface area (TPSA) is 45.4 Å². The minimum Gasteiger partial charge on any atom is -0.468 e. The number of hydrogen-bond donors (Lipinski definition) is 2. The maximum absolute atomic E-state index is 9.00. The lowest BCUT2D eigenvalue weighted by Crippen LogP contribution is -2.29. The van der Waals surface area contributed by atoms with Crippen LogP contribution in [0.25, 0.3) is 0 Å². The lowest BCUT2D eigenvalue weighted by molar-refractivity contribution is 0.244. The molecule has 1 aliphatic carbocycles. The van der Waals surface area contributed by atoms with Gasteiger partial charge in [0.2, 0.25) is 0 Å². The van der Waals surface area contributed by atoms with Gasteiger partial charge in [-0.3, -0.25) is 0 Å². The van der Waals surface area contributed by atoms with Crippen molar-refractivity contribution in [2.45, 2.75) is 25.4 Å². The summed E-state index contributed by atoms with van der Waals surface area (Å²) in [5.41, 5.74) is 0. The summed E-state index contributed by atoms with van der Waals surface area (Å²) in [6.07, 6.45) is 6.86. The van der Waals surface area contributed by atoms with Crippen LogP contribution >= 0.6 is 0 Å². The summed E-state index contributed by atoms with van der Waals surface area (Å²) < 4.78 is 5.32. The highest BCUT2D eigenvalue weighted by Crippen LogP contribution is 2.21. The second-order valence-corrected chi connectivity index (χ2v) is 4.07. The van der Waals surface area contributed by atoms with E-state index in [9.17, 15) is 0 Å². The van der Waals surface area contributed by atoms with Crippen LogP contribution in [0, 0.1) is 5.92 Å². The molecule has 0 fully saturated rings. The van der Waals surface area contributed by atoms with E-state index in [-0.39, 0.29) is 12.6 Å². The van der Waals surface area contributed by atoms with E-state index in [1.165, 1.54) is 0 Å². The summed E-state index contributed by atoms with van der Waals surface area (Å²) in [4.78, 5) is 0. The van der Waals surface area contributed by atoms with Crippen molar-refractivity contribution in [2.24, 2.45) is 5.92 Å². The Morgan fingerprint density at radius 2 is 2.47 bits per heavy atom. The first-order valence-electron chi connectivity index (χ1n) is 5.38. The standard InChI is InChI=1S/C12H17NO2/c1-9(12-3-2-6-15-12)13-11-5-4-10(7-11)8-14/h2-6,9-11,13-14H,7-8H2,1H3/t9?,10-,11+/m0/s1. The Morgan fingerprint density at radius 3 is 3.07 bits per heavy atom. The predicted molar refractivity (Wildman–Crippen MR) is 58.4 cm³/mol. The number of rotatable bonds is 4. The van der Waals surface area contributed by atoms with E-state index in [0.717, 1.165) is 12.2 Å². The molecular formula is C12H17NO2. The van der Waals surface area contributed by atoms with Crippen molar-refractivity contribution >= 4 is 0 Å². The number of furan rings is 1. The third-order valence-electron chi connectivity index (χ3n) is 2.84. The second-order valence-electron chi connectivity index (χ2n) is 4.07. The van der Waals surface area contributed by atoms with E-state index < -0.39 is 0 Å². The maximum atomic E-state index is 9.00. The normalized spacial score (nSPS) is 27.1. The van der Waals surface area contributed by atoms with Crippen molar-refractivity contribution in [3.63, 3.8) is 0 Å². The third-order valence-corrected chi connectivity index (χ3v) is 2.84. The minimum atomic E-state index is 0.215. The van der Waals surface area contributed by atoms with Gasteiger partial charge < -0.3 is 14.8 Å². The summed E-state index contributed by atoms with van der Waals surface area (Å²) in [5.74, 6) is 1.27. The zero-order valence-electron chi connectivity index (χ0n) is 8.89. The summed E-state index contributed by atoms with van der Waals surface area (Å²) in [5, 5.41) is 12.5. The van der Waals surface area contributed by atoms with Gasteiger partial charge in [0, 0.05) is 18.6 Å². The Labute approximate surface area is 89.8 Å². The zero-order valence-corrected chi connectivity index (χ0v) is 8.89. The Kier molecular flexibility index (Phi) is 3.23. The molecule has 3 heteroatoms. The lowest BCUT2D eigenvalue weighted by atomic mass is 10.1. The monoisotopic (exact) mass is 207 g/mol. The average molecular weight is 207 g/mol. The van der Waals surface area contributed by atoms with Crippen LogP contribution < -0.4 is 5.32 Å². The quantitative estimate of drug-likeness (QED) is 0.741. The van der Waals surface area contributed by atoms with Gasteiger partial charge >= 0.3 is 0 Å². The van der Waals surface area contributed by atoms with Crippen LogP contribution in [0.15, 0.2) is 35.0 Å². The van der Waals surface area contributed by atoms with Crippen molar-refractivity contribution in [1.82, 2.24) is 5.32 Å². The SMILES string of the molecule is CC(N[C@@H]1C=C[C@H](CO)C1)c1ccco1. The van der Waals surface area contributed by atoms with Gasteiger partial charge in [-0.25, -0.2) is 0 Å². The number of nitrogens with one attached hydrogen (secondary N) is 1. The molecule has 1 aliphatic rings. The van der Waals surface area contributed by atoms with Crippen LogP contribution in [-0.2, 0) is 0 Å². The fraction of sp³-hybridized carbons (Fsp3) is 0.500. The first-order valence-corrected chi connectivity index (χ1v) is 5.38. The Bertz CT molecular complexity index is 318. The molecule has 1 unspecified atom stereocenters. The molecule has 0 radical (unpaired) electrons. The Morgan fingerprint density at radius 1 is 1.60 bits per heavy atom. The fourth-order valence-electron chi connectivity index (χ4n) is 1.97. The van der Waals surface area contributed by atoms with E-state index in [1.807, 2.05) is 12.1 Å². The maximum Gasteiger partial charge on any atom is 0.120 e. The van der Waals surface area contributed by atoms with Crippen LogP contribution in [0.1, 0.15) is 25.1 Å². The zero-order chi connectivity index (χ0) is 10.7. The van der Waals surface area contributed by atoms with E-state index in [1.54, 1.807) is 6.26 Å². The minimum absolute atomic E-state index is 0.215. The molecular weight excluding hydrogens is 190 g/mol. The summed E-state index contributed by atoms with van der Waals surface area (Å²) >= 11 is 0. The molecule has 0 amide bonds. The van der Waals surface area contributed by atoms with Crippen LogP contribution in [0.5, 0.6) is 0 Å². The van der Waals surface area contributed by atoms with Crippen molar-refractivity contribution in [3.8, 4) is 0 Å². The Hall–Kier alpha value is -1.06. The second kappa shape index (κ2) is 4.64. The van der Waals surface area contributed by atoms with Gasteiger partial charge in [0.25, 0.3) is 0 Å². The fourth-order valence-corrected chi connectivity index (χ4v) is 1.97. The number of aliphatic hydroxyl groups excluding tert-OH is 1. The predicted octanol–water partition coefficient (Wildman–Crippen LogP) is 1.87. The van der Waals surface area contributed by atoms with Crippen LogP contribution in [-0.4, -0.2) is 17.8 Å². The first-order chi connectivity index (χ1) is 7.29.